The second-order valence-electron chi connectivity index (χ2n) is 12.8. The van der Waals surface area contributed by atoms with Gasteiger partial charge in [0.15, 0.2) is 6.10 Å². The maximum absolute atomic E-state index is 12.5. The highest BCUT2D eigenvalue weighted by Gasteiger charge is 2.25. The van der Waals surface area contributed by atoms with Crippen LogP contribution in [0, 0.1) is 0 Å². The van der Waals surface area contributed by atoms with Crippen molar-refractivity contribution in [1.29, 1.82) is 0 Å². The zero-order valence-corrected chi connectivity index (χ0v) is 35.1. The number of unbranched alkanes of at least 4 members (excludes halogenated alkanes) is 2. The number of ether oxygens (including phenoxy) is 2. The standard InChI is InChI=1S/C45H70NO10P/c1-3-5-7-8-9-10-11-12-13-14-15-16-17-21-29-35-44(49)53-39-43(40-55-57(51,52)54-38-37-46)56-45(50)36-30-22-19-18-20-26-32-42(48)34-28-24-23-27-33-41(47)31-25-6-4-2/h5-7,9-10,12-13,15-16,19-20,22-28,33-34,41-43,47-48H,3-4,8,11,14,17-18,21,29-32,35-40,46H2,1-2H3,(H,51,52)/b7-5-,10-9-,13-12-,16-15-,22-19-,24-23-,25-6-,26-20-,33-27+,34-28+/t41-,42+,43+/m0/s1. The minimum atomic E-state index is -4.44. The normalized spacial score (nSPS) is 15.7. The first kappa shape index (κ1) is 53.3. The molecule has 0 saturated carbocycles. The second-order valence-corrected chi connectivity index (χ2v) is 14.2. The summed E-state index contributed by atoms with van der Waals surface area (Å²) in [5.74, 6) is -1.06. The third-order valence-corrected chi connectivity index (χ3v) is 8.51. The van der Waals surface area contributed by atoms with E-state index in [0.717, 1.165) is 44.9 Å². The van der Waals surface area contributed by atoms with Gasteiger partial charge in [-0.15, -0.1) is 0 Å². The fourth-order valence-corrected chi connectivity index (χ4v) is 5.29. The van der Waals surface area contributed by atoms with Crippen LogP contribution in [0.3, 0.4) is 0 Å². The van der Waals surface area contributed by atoms with Crippen LogP contribution in [-0.4, -0.2) is 71.7 Å². The molecule has 0 saturated heterocycles. The number of aliphatic hydroxyl groups excluding tert-OH is 2. The lowest BCUT2D eigenvalue weighted by Gasteiger charge is -2.19. The van der Waals surface area contributed by atoms with E-state index in [1.807, 2.05) is 43.4 Å². The highest BCUT2D eigenvalue weighted by molar-refractivity contribution is 7.47. The Balaban J connectivity index is 4.54. The molecule has 0 aromatic heterocycles. The Morgan fingerprint density at radius 3 is 1.70 bits per heavy atom. The van der Waals surface area contributed by atoms with Crippen LogP contribution in [0.5, 0.6) is 0 Å². The van der Waals surface area contributed by atoms with Gasteiger partial charge in [-0.2, -0.15) is 0 Å². The highest BCUT2D eigenvalue weighted by Crippen LogP contribution is 2.43. The smallest absolute Gasteiger partial charge is 0.462 e. The fraction of sp³-hybridized carbons (Fsp3) is 0.511. The van der Waals surface area contributed by atoms with Crippen molar-refractivity contribution >= 4 is 19.8 Å². The van der Waals surface area contributed by atoms with Crippen LogP contribution in [0.25, 0.3) is 0 Å². The van der Waals surface area contributed by atoms with Crippen LogP contribution >= 0.6 is 7.82 Å². The molecule has 0 rings (SSSR count). The largest absolute Gasteiger partial charge is 0.472 e. The van der Waals surface area contributed by atoms with E-state index in [9.17, 15) is 29.3 Å². The minimum absolute atomic E-state index is 0.0104. The summed E-state index contributed by atoms with van der Waals surface area (Å²) >= 11 is 0. The van der Waals surface area contributed by atoms with E-state index in [1.165, 1.54) is 0 Å². The Morgan fingerprint density at radius 2 is 1.12 bits per heavy atom. The molecule has 320 valence electrons. The maximum Gasteiger partial charge on any atom is 0.472 e. The van der Waals surface area contributed by atoms with Gasteiger partial charge in [0.25, 0.3) is 0 Å². The van der Waals surface area contributed by atoms with Gasteiger partial charge in [0.2, 0.25) is 0 Å². The number of phosphoric acid groups is 1. The topological polar surface area (TPSA) is 175 Å². The van der Waals surface area contributed by atoms with Crippen molar-refractivity contribution in [1.82, 2.24) is 0 Å². The summed E-state index contributed by atoms with van der Waals surface area (Å²) in [5.41, 5.74) is 5.32. The number of esters is 2. The van der Waals surface area contributed by atoms with E-state index in [4.69, 9.17) is 24.3 Å². The molecule has 57 heavy (non-hydrogen) atoms. The molecule has 0 amide bonds. The minimum Gasteiger partial charge on any atom is -0.462 e. The Morgan fingerprint density at radius 1 is 0.614 bits per heavy atom. The molecule has 12 heteroatoms. The first-order chi connectivity index (χ1) is 27.6. The van der Waals surface area contributed by atoms with Crippen molar-refractivity contribution in [2.75, 3.05) is 26.4 Å². The molecule has 4 atom stereocenters. The molecule has 0 bridgehead atoms. The molecule has 0 aromatic rings. The van der Waals surface area contributed by atoms with Gasteiger partial charge in [0.05, 0.1) is 25.4 Å². The summed E-state index contributed by atoms with van der Waals surface area (Å²) in [4.78, 5) is 34.8. The van der Waals surface area contributed by atoms with Crippen molar-refractivity contribution in [2.24, 2.45) is 5.73 Å². The van der Waals surface area contributed by atoms with Gasteiger partial charge >= 0.3 is 19.8 Å². The summed E-state index contributed by atoms with van der Waals surface area (Å²) in [6.45, 7) is 3.12. The van der Waals surface area contributed by atoms with Gasteiger partial charge in [0.1, 0.15) is 6.61 Å². The molecule has 0 aliphatic carbocycles. The molecule has 11 nitrogen and oxygen atoms in total. The molecule has 0 heterocycles. The molecule has 0 fully saturated rings. The Labute approximate surface area is 342 Å². The number of carbonyl (C=O) groups excluding carboxylic acids is 2. The maximum atomic E-state index is 12.5. The average Bonchev–Trinajstić information content (AvgIpc) is 3.19. The second kappa shape index (κ2) is 39.2. The van der Waals surface area contributed by atoms with E-state index in [-0.39, 0.29) is 32.6 Å². The predicted octanol–water partition coefficient (Wildman–Crippen LogP) is 9.32. The fourth-order valence-electron chi connectivity index (χ4n) is 4.53. The van der Waals surface area contributed by atoms with Gasteiger partial charge in [-0.1, -0.05) is 135 Å². The monoisotopic (exact) mass is 815 g/mol. The molecule has 1 unspecified atom stereocenters. The van der Waals surface area contributed by atoms with Crippen LogP contribution in [-0.2, 0) is 32.7 Å². The number of allylic oxidation sites excluding steroid dienone is 16. The molecule has 0 radical (unpaired) electrons. The zero-order valence-electron chi connectivity index (χ0n) is 34.2. The summed E-state index contributed by atoms with van der Waals surface area (Å²) in [6, 6.07) is 0. The SMILES string of the molecule is CC/C=C\C/C=C\C/C=C\C/C=C\CCCCC(=O)OC[C@H](COP(=O)(O)OCCN)OC(=O)CC/C=C\C/C=C\C[C@@H](O)/C=C/C=C\C=C\[C@@H](O)C/C=C\CC. The molecule has 0 aromatic carbocycles. The molecule has 0 spiro atoms. The quantitative estimate of drug-likeness (QED) is 0.0158. The van der Waals surface area contributed by atoms with Crippen molar-refractivity contribution in [3.8, 4) is 0 Å². The molecule has 0 aliphatic rings. The van der Waals surface area contributed by atoms with Crippen molar-refractivity contribution in [3.05, 3.63) is 122 Å². The highest BCUT2D eigenvalue weighted by atomic mass is 31.2. The number of hydrogen-bond acceptors (Lipinski definition) is 10. The number of aliphatic hydroxyl groups is 2. The van der Waals surface area contributed by atoms with E-state index >= 15 is 0 Å². The van der Waals surface area contributed by atoms with Gasteiger partial charge < -0.3 is 30.3 Å². The average molecular weight is 816 g/mol. The van der Waals surface area contributed by atoms with Crippen LogP contribution in [0.1, 0.15) is 104 Å². The van der Waals surface area contributed by atoms with E-state index in [1.54, 1.807) is 36.5 Å². The number of nitrogens with two attached hydrogens (primary N) is 1. The van der Waals surface area contributed by atoms with Gasteiger partial charge in [-0.25, -0.2) is 4.57 Å². The number of carbonyl (C=O) groups is 2. The molecular weight excluding hydrogens is 745 g/mol. The van der Waals surface area contributed by atoms with Crippen LogP contribution < -0.4 is 5.73 Å². The third-order valence-electron chi connectivity index (χ3n) is 7.52. The lowest BCUT2D eigenvalue weighted by atomic mass is 10.2. The number of rotatable bonds is 35. The first-order valence-electron chi connectivity index (χ1n) is 20.2. The van der Waals surface area contributed by atoms with Crippen LogP contribution in [0.15, 0.2) is 122 Å². The number of phosphoric ester groups is 1. The van der Waals surface area contributed by atoms with Gasteiger partial charge in [0, 0.05) is 19.4 Å². The summed E-state index contributed by atoms with van der Waals surface area (Å²) in [5, 5.41) is 19.9. The Hall–Kier alpha value is -3.67. The summed E-state index contributed by atoms with van der Waals surface area (Å²) in [6.07, 6.45) is 46.0. The summed E-state index contributed by atoms with van der Waals surface area (Å²) < 4.78 is 32.5. The van der Waals surface area contributed by atoms with E-state index in [2.05, 4.69) is 55.5 Å². The molecule has 5 N–H and O–H groups in total. The Bertz CT molecular complexity index is 1380. The van der Waals surface area contributed by atoms with E-state index in [0.29, 0.717) is 32.1 Å². The Kier molecular flexibility index (Phi) is 36.6. The zero-order chi connectivity index (χ0) is 42.1. The van der Waals surface area contributed by atoms with E-state index < -0.39 is 44.7 Å². The van der Waals surface area contributed by atoms with Gasteiger partial charge in [-0.3, -0.25) is 18.6 Å². The third kappa shape index (κ3) is 39.0. The lowest BCUT2D eigenvalue weighted by molar-refractivity contribution is -0.161. The van der Waals surface area contributed by atoms with Crippen LogP contribution in [0.2, 0.25) is 0 Å². The van der Waals surface area contributed by atoms with Crippen molar-refractivity contribution in [3.63, 3.8) is 0 Å². The van der Waals surface area contributed by atoms with Crippen LogP contribution in [0.4, 0.5) is 0 Å². The lowest BCUT2D eigenvalue weighted by Crippen LogP contribution is -2.29. The summed E-state index contributed by atoms with van der Waals surface area (Å²) in [7, 11) is -4.44. The van der Waals surface area contributed by atoms with Crippen molar-refractivity contribution in [2.45, 2.75) is 122 Å². The molecular formula is C45H70NO10P. The predicted molar refractivity (Wildman–Crippen MR) is 231 cm³/mol. The molecule has 0 aliphatic heterocycles. The van der Waals surface area contributed by atoms with Gasteiger partial charge in [-0.05, 0) is 77.0 Å². The first-order valence-corrected chi connectivity index (χ1v) is 21.7. The number of hydrogen-bond donors (Lipinski definition) is 4. The van der Waals surface area contributed by atoms with Crippen molar-refractivity contribution < 1.29 is 47.8 Å².